The average molecular weight is 416 g/mol. The maximum Gasteiger partial charge on any atom is 0.248 e. The number of ether oxygens (including phenoxy) is 1. The zero-order chi connectivity index (χ0) is 21.5. The molecule has 5 atom stereocenters. The van der Waals surface area contributed by atoms with Gasteiger partial charge >= 0.3 is 0 Å². The molecule has 2 bridgehead atoms. The van der Waals surface area contributed by atoms with Gasteiger partial charge in [0.1, 0.15) is 11.8 Å². The number of benzene rings is 2. The van der Waals surface area contributed by atoms with E-state index in [1.54, 1.807) is 31.4 Å². The molecule has 6 nitrogen and oxygen atoms in total. The fourth-order valence-corrected chi connectivity index (χ4v) is 5.27. The van der Waals surface area contributed by atoms with Gasteiger partial charge < -0.3 is 10.1 Å². The van der Waals surface area contributed by atoms with Gasteiger partial charge in [-0.05, 0) is 48.1 Å². The first-order chi connectivity index (χ1) is 15.1. The van der Waals surface area contributed by atoms with E-state index in [0.717, 1.165) is 12.0 Å². The lowest BCUT2D eigenvalue weighted by atomic mass is 9.85. The highest BCUT2D eigenvalue weighted by Gasteiger charge is 2.61. The Labute approximate surface area is 180 Å². The molecule has 1 heterocycles. The molecule has 5 rings (SSSR count). The first kappa shape index (κ1) is 19.5. The fraction of sp³-hybridized carbons (Fsp3) is 0.320. The van der Waals surface area contributed by atoms with Crippen molar-refractivity contribution in [2.45, 2.75) is 18.9 Å². The highest BCUT2D eigenvalue weighted by molar-refractivity contribution is 6.10. The van der Waals surface area contributed by atoms with Gasteiger partial charge in [0, 0.05) is 12.1 Å². The number of hydrogen-bond acceptors (Lipinski definition) is 4. The van der Waals surface area contributed by atoms with Crippen LogP contribution in [0, 0.1) is 23.7 Å². The van der Waals surface area contributed by atoms with E-state index in [1.807, 2.05) is 30.3 Å². The second kappa shape index (κ2) is 7.69. The summed E-state index contributed by atoms with van der Waals surface area (Å²) in [5.41, 5.74) is 1.49. The molecule has 2 fully saturated rings. The molecule has 3 aliphatic rings. The Balaban J connectivity index is 1.43. The van der Waals surface area contributed by atoms with Gasteiger partial charge in [-0.1, -0.05) is 42.5 Å². The molecule has 3 amide bonds. The van der Waals surface area contributed by atoms with Crippen molar-refractivity contribution in [1.82, 2.24) is 4.90 Å². The number of amides is 3. The molecular weight excluding hydrogens is 392 g/mol. The largest absolute Gasteiger partial charge is 0.497 e. The van der Waals surface area contributed by atoms with Gasteiger partial charge in [0.05, 0.1) is 18.9 Å². The SMILES string of the molecule is COc1ccc(NC(=O)[C@@H](Cc2ccccc2)N2C(=O)[C@@H]3[C@H](C2=O)[C@H]2C=C[C@H]3C2)cc1. The summed E-state index contributed by atoms with van der Waals surface area (Å²) < 4.78 is 5.16. The summed E-state index contributed by atoms with van der Waals surface area (Å²) in [7, 11) is 1.58. The number of nitrogens with zero attached hydrogens (tertiary/aromatic N) is 1. The zero-order valence-electron chi connectivity index (χ0n) is 17.2. The fourth-order valence-electron chi connectivity index (χ4n) is 5.27. The van der Waals surface area contributed by atoms with E-state index in [4.69, 9.17) is 4.74 Å². The van der Waals surface area contributed by atoms with Crippen molar-refractivity contribution in [3.8, 4) is 5.75 Å². The first-order valence-corrected chi connectivity index (χ1v) is 10.6. The maximum absolute atomic E-state index is 13.3. The van der Waals surface area contributed by atoms with Gasteiger partial charge in [-0.2, -0.15) is 0 Å². The molecule has 1 N–H and O–H groups in total. The summed E-state index contributed by atoms with van der Waals surface area (Å²) in [5, 5.41) is 2.88. The number of imide groups is 1. The maximum atomic E-state index is 13.3. The number of rotatable bonds is 6. The van der Waals surface area contributed by atoms with Gasteiger partial charge in [-0.15, -0.1) is 0 Å². The quantitative estimate of drug-likeness (QED) is 0.580. The van der Waals surface area contributed by atoms with E-state index in [1.165, 1.54) is 4.90 Å². The normalized spacial score (nSPS) is 26.8. The average Bonchev–Trinajstić information content (AvgIpc) is 3.47. The number of allylic oxidation sites excluding steroid dienone is 2. The number of anilines is 1. The van der Waals surface area contributed by atoms with Gasteiger partial charge in [0.15, 0.2) is 0 Å². The summed E-state index contributed by atoms with van der Waals surface area (Å²) in [4.78, 5) is 41.3. The molecular formula is C25H24N2O4. The molecule has 0 spiro atoms. The first-order valence-electron chi connectivity index (χ1n) is 10.6. The number of fused-ring (bicyclic) bond motifs is 5. The minimum absolute atomic E-state index is 0.110. The Hall–Kier alpha value is -3.41. The van der Waals surface area contributed by atoms with Gasteiger partial charge in [-0.3, -0.25) is 19.3 Å². The number of carbonyl (C=O) groups is 3. The minimum atomic E-state index is -0.894. The molecule has 1 saturated carbocycles. The van der Waals surface area contributed by atoms with Crippen LogP contribution in [0.1, 0.15) is 12.0 Å². The predicted octanol–water partition coefficient (Wildman–Crippen LogP) is 3.05. The van der Waals surface area contributed by atoms with Crippen LogP contribution in [0.2, 0.25) is 0 Å². The van der Waals surface area contributed by atoms with Crippen molar-refractivity contribution in [2.24, 2.45) is 23.7 Å². The van der Waals surface area contributed by atoms with Crippen LogP contribution in [0.4, 0.5) is 5.69 Å². The number of methoxy groups -OCH3 is 1. The Morgan fingerprint density at radius 3 is 2.19 bits per heavy atom. The Morgan fingerprint density at radius 2 is 1.61 bits per heavy atom. The standard InChI is InChI=1S/C25H24N2O4/c1-31-19-11-9-18(10-12-19)26-23(28)20(13-15-5-3-2-4-6-15)27-24(29)21-16-7-8-17(14-16)22(21)25(27)30/h2-12,16-17,20-22H,13-14H2,1H3,(H,26,28)/t16-,17-,20+,21-,22+/m0/s1. The van der Waals surface area contributed by atoms with Gasteiger partial charge in [-0.25, -0.2) is 0 Å². The van der Waals surface area contributed by atoms with Crippen molar-refractivity contribution >= 4 is 23.4 Å². The van der Waals surface area contributed by atoms with Gasteiger partial charge in [0.2, 0.25) is 17.7 Å². The summed E-state index contributed by atoms with van der Waals surface area (Å²) >= 11 is 0. The summed E-state index contributed by atoms with van der Waals surface area (Å²) in [6, 6.07) is 15.6. The topological polar surface area (TPSA) is 75.7 Å². The molecule has 0 unspecified atom stereocenters. The predicted molar refractivity (Wildman–Crippen MR) is 115 cm³/mol. The smallest absolute Gasteiger partial charge is 0.248 e. The van der Waals surface area contributed by atoms with Crippen LogP contribution in [-0.2, 0) is 20.8 Å². The monoisotopic (exact) mass is 416 g/mol. The third-order valence-corrected chi connectivity index (χ3v) is 6.75. The highest BCUT2D eigenvalue weighted by atomic mass is 16.5. The number of nitrogens with one attached hydrogen (secondary N) is 1. The molecule has 2 aliphatic carbocycles. The molecule has 0 radical (unpaired) electrons. The Bertz CT molecular complexity index is 1020. The van der Waals surface area contributed by atoms with E-state index < -0.39 is 6.04 Å². The van der Waals surface area contributed by atoms with Crippen LogP contribution in [0.15, 0.2) is 66.7 Å². The third kappa shape index (κ3) is 3.32. The minimum Gasteiger partial charge on any atom is -0.497 e. The lowest BCUT2D eigenvalue weighted by Crippen LogP contribution is -2.49. The van der Waals surface area contributed by atoms with Crippen LogP contribution in [0.3, 0.4) is 0 Å². The zero-order valence-corrected chi connectivity index (χ0v) is 17.2. The molecule has 2 aromatic rings. The van der Waals surface area contributed by atoms with E-state index in [0.29, 0.717) is 11.4 Å². The summed E-state index contributed by atoms with van der Waals surface area (Å²) in [5.74, 6) is -0.535. The lowest BCUT2D eigenvalue weighted by Gasteiger charge is -2.27. The number of carbonyl (C=O) groups excluding carboxylic acids is 3. The second-order valence-electron chi connectivity index (χ2n) is 8.47. The molecule has 2 aromatic carbocycles. The summed E-state index contributed by atoms with van der Waals surface area (Å²) in [6.45, 7) is 0. The Morgan fingerprint density at radius 1 is 1.00 bits per heavy atom. The number of hydrogen-bond donors (Lipinski definition) is 1. The van der Waals surface area contributed by atoms with Crippen LogP contribution >= 0.6 is 0 Å². The highest BCUT2D eigenvalue weighted by Crippen LogP contribution is 2.53. The summed E-state index contributed by atoms with van der Waals surface area (Å²) in [6.07, 6.45) is 5.26. The van der Waals surface area contributed by atoms with E-state index in [-0.39, 0.29) is 47.8 Å². The van der Waals surface area contributed by atoms with Crippen molar-refractivity contribution in [1.29, 1.82) is 0 Å². The van der Waals surface area contributed by atoms with E-state index in [9.17, 15) is 14.4 Å². The van der Waals surface area contributed by atoms with Gasteiger partial charge in [0.25, 0.3) is 0 Å². The van der Waals surface area contributed by atoms with Crippen molar-refractivity contribution in [3.63, 3.8) is 0 Å². The molecule has 0 aromatic heterocycles. The van der Waals surface area contributed by atoms with Crippen molar-refractivity contribution in [3.05, 3.63) is 72.3 Å². The van der Waals surface area contributed by atoms with E-state index >= 15 is 0 Å². The third-order valence-electron chi connectivity index (χ3n) is 6.75. The van der Waals surface area contributed by atoms with Crippen molar-refractivity contribution in [2.75, 3.05) is 12.4 Å². The van der Waals surface area contributed by atoms with Crippen LogP contribution < -0.4 is 10.1 Å². The van der Waals surface area contributed by atoms with E-state index in [2.05, 4.69) is 17.5 Å². The molecule has 1 aliphatic heterocycles. The van der Waals surface area contributed by atoms with Crippen molar-refractivity contribution < 1.29 is 19.1 Å². The molecule has 1 saturated heterocycles. The van der Waals surface area contributed by atoms with Crippen LogP contribution in [-0.4, -0.2) is 35.8 Å². The Kier molecular flexibility index (Phi) is 4.85. The molecule has 6 heteroatoms. The molecule has 158 valence electrons. The van der Waals surface area contributed by atoms with Crippen LogP contribution in [0.5, 0.6) is 5.75 Å². The van der Waals surface area contributed by atoms with Crippen LogP contribution in [0.25, 0.3) is 0 Å². The second-order valence-corrected chi connectivity index (χ2v) is 8.47. The number of likely N-dealkylation sites (tertiary alicyclic amines) is 1. The molecule has 31 heavy (non-hydrogen) atoms. The lowest BCUT2D eigenvalue weighted by molar-refractivity contribution is -0.147.